The Morgan fingerprint density at radius 1 is 1.19 bits per heavy atom. The normalized spacial score (nSPS) is 11.8. The van der Waals surface area contributed by atoms with E-state index in [0.29, 0.717) is 28.2 Å². The summed E-state index contributed by atoms with van der Waals surface area (Å²) in [5, 5.41) is 0.308. The number of ether oxygens (including phenoxy) is 1. The van der Waals surface area contributed by atoms with E-state index >= 15 is 0 Å². The molecule has 3 nitrogen and oxygen atoms in total. The Bertz CT molecular complexity index is 662. The summed E-state index contributed by atoms with van der Waals surface area (Å²) in [5.74, 6) is 0.265. The Hall–Kier alpha value is -2.13. The molecule has 0 saturated carbocycles. The van der Waals surface area contributed by atoms with Crippen LogP contribution in [0.4, 0.5) is 0 Å². The summed E-state index contributed by atoms with van der Waals surface area (Å²) in [6.45, 7) is 3.63. The minimum atomic E-state index is -0.660. The van der Waals surface area contributed by atoms with Gasteiger partial charge in [0, 0.05) is 11.1 Å². The number of rotatable bonds is 5. The zero-order chi connectivity index (χ0) is 15.4. The van der Waals surface area contributed by atoms with Crippen LogP contribution in [0.5, 0.6) is 5.75 Å². The van der Waals surface area contributed by atoms with Gasteiger partial charge in [0.25, 0.3) is 0 Å². The van der Waals surface area contributed by atoms with Crippen LogP contribution in [-0.2, 0) is 0 Å². The summed E-state index contributed by atoms with van der Waals surface area (Å²) >= 11 is 6.03. The molecule has 0 heterocycles. The monoisotopic (exact) mass is 302 g/mol. The molecule has 0 radical (unpaired) electrons. The van der Waals surface area contributed by atoms with Gasteiger partial charge in [0.05, 0.1) is 5.02 Å². The van der Waals surface area contributed by atoms with Crippen LogP contribution >= 0.6 is 11.6 Å². The van der Waals surface area contributed by atoms with Crippen LogP contribution in [-0.4, -0.2) is 18.2 Å². The van der Waals surface area contributed by atoms with Crippen molar-refractivity contribution in [2.45, 2.75) is 20.0 Å². The van der Waals surface area contributed by atoms with E-state index in [1.54, 1.807) is 31.2 Å². The predicted octanol–water partition coefficient (Wildman–Crippen LogP) is 4.11. The van der Waals surface area contributed by atoms with E-state index in [2.05, 4.69) is 0 Å². The lowest BCUT2D eigenvalue weighted by Crippen LogP contribution is -2.24. The van der Waals surface area contributed by atoms with Gasteiger partial charge in [-0.25, -0.2) is 0 Å². The summed E-state index contributed by atoms with van der Waals surface area (Å²) in [7, 11) is 0. The minimum Gasteiger partial charge on any atom is -0.481 e. The van der Waals surface area contributed by atoms with Gasteiger partial charge >= 0.3 is 0 Å². The van der Waals surface area contributed by atoms with Gasteiger partial charge in [0.2, 0.25) is 5.78 Å². The van der Waals surface area contributed by atoms with Gasteiger partial charge in [-0.15, -0.1) is 0 Å². The van der Waals surface area contributed by atoms with Crippen molar-refractivity contribution in [3.05, 3.63) is 64.2 Å². The molecule has 108 valence electrons. The van der Waals surface area contributed by atoms with Crippen molar-refractivity contribution < 1.29 is 14.3 Å². The summed E-state index contributed by atoms with van der Waals surface area (Å²) in [6, 6.07) is 12.0. The second-order valence-electron chi connectivity index (χ2n) is 4.80. The standard InChI is InChI=1S/C17H15ClO3/c1-11-3-6-14(7-4-11)17(20)12(2)21-16-8-5-13(10-19)9-15(16)18/h3-10,12H,1-2H3. The van der Waals surface area contributed by atoms with Crippen LogP contribution in [0.15, 0.2) is 42.5 Å². The number of halogens is 1. The number of hydrogen-bond donors (Lipinski definition) is 0. The number of aldehydes is 1. The molecule has 0 aliphatic carbocycles. The van der Waals surface area contributed by atoms with Crippen molar-refractivity contribution in [2.24, 2.45) is 0 Å². The molecule has 0 fully saturated rings. The molecular weight excluding hydrogens is 288 g/mol. The van der Waals surface area contributed by atoms with Crippen LogP contribution in [0.1, 0.15) is 33.2 Å². The van der Waals surface area contributed by atoms with Crippen molar-refractivity contribution in [1.82, 2.24) is 0 Å². The van der Waals surface area contributed by atoms with Gasteiger partial charge in [-0.05, 0) is 32.0 Å². The molecule has 0 aliphatic rings. The molecule has 0 aromatic heterocycles. The Kier molecular flexibility index (Phi) is 4.76. The zero-order valence-corrected chi connectivity index (χ0v) is 12.6. The maximum Gasteiger partial charge on any atom is 0.202 e. The van der Waals surface area contributed by atoms with Crippen molar-refractivity contribution in [2.75, 3.05) is 0 Å². The van der Waals surface area contributed by atoms with E-state index in [0.717, 1.165) is 5.56 Å². The lowest BCUT2D eigenvalue weighted by molar-refractivity contribution is 0.0818. The summed E-state index contributed by atoms with van der Waals surface area (Å²) in [6.07, 6.45) is 0.0450. The molecule has 21 heavy (non-hydrogen) atoms. The molecule has 4 heteroatoms. The third-order valence-corrected chi connectivity index (χ3v) is 3.40. The largest absolute Gasteiger partial charge is 0.481 e. The molecule has 2 aromatic rings. The highest BCUT2D eigenvalue weighted by Crippen LogP contribution is 2.26. The Morgan fingerprint density at radius 3 is 2.43 bits per heavy atom. The zero-order valence-electron chi connectivity index (χ0n) is 11.8. The van der Waals surface area contributed by atoms with Crippen LogP contribution in [0.25, 0.3) is 0 Å². The number of benzene rings is 2. The van der Waals surface area contributed by atoms with Crippen LogP contribution in [0, 0.1) is 6.92 Å². The maximum absolute atomic E-state index is 12.3. The summed E-state index contributed by atoms with van der Waals surface area (Å²) in [5.41, 5.74) is 2.14. The lowest BCUT2D eigenvalue weighted by Gasteiger charge is -2.15. The van der Waals surface area contributed by atoms with Gasteiger partial charge < -0.3 is 4.74 Å². The molecule has 0 saturated heterocycles. The highest BCUT2D eigenvalue weighted by molar-refractivity contribution is 6.32. The fraction of sp³-hybridized carbons (Fsp3) is 0.176. The second kappa shape index (κ2) is 6.55. The SMILES string of the molecule is Cc1ccc(C(=O)C(C)Oc2ccc(C=O)cc2Cl)cc1. The highest BCUT2D eigenvalue weighted by Gasteiger charge is 2.18. The average molecular weight is 303 g/mol. The first kappa shape index (κ1) is 15.3. The summed E-state index contributed by atoms with van der Waals surface area (Å²) in [4.78, 5) is 22.9. The van der Waals surface area contributed by atoms with Crippen LogP contribution in [0.3, 0.4) is 0 Å². The minimum absolute atomic E-state index is 0.120. The smallest absolute Gasteiger partial charge is 0.202 e. The van der Waals surface area contributed by atoms with Crippen LogP contribution < -0.4 is 4.74 Å². The fourth-order valence-electron chi connectivity index (χ4n) is 1.88. The number of carbonyl (C=O) groups excluding carboxylic acids is 2. The molecule has 0 N–H and O–H groups in total. The molecule has 2 aromatic carbocycles. The van der Waals surface area contributed by atoms with E-state index in [1.807, 2.05) is 19.1 Å². The van der Waals surface area contributed by atoms with E-state index in [-0.39, 0.29) is 5.78 Å². The quantitative estimate of drug-likeness (QED) is 0.616. The first-order valence-electron chi connectivity index (χ1n) is 6.53. The van der Waals surface area contributed by atoms with E-state index in [4.69, 9.17) is 16.3 Å². The van der Waals surface area contributed by atoms with Crippen molar-refractivity contribution in [3.8, 4) is 5.75 Å². The highest BCUT2D eigenvalue weighted by atomic mass is 35.5. The molecule has 0 spiro atoms. The number of hydrogen-bond acceptors (Lipinski definition) is 3. The van der Waals surface area contributed by atoms with Gasteiger partial charge in [-0.3, -0.25) is 9.59 Å². The van der Waals surface area contributed by atoms with Gasteiger partial charge in [0.1, 0.15) is 12.0 Å². The average Bonchev–Trinajstić information content (AvgIpc) is 2.49. The molecule has 2 rings (SSSR count). The summed E-state index contributed by atoms with van der Waals surface area (Å²) < 4.78 is 5.59. The Morgan fingerprint density at radius 2 is 1.86 bits per heavy atom. The lowest BCUT2D eigenvalue weighted by atomic mass is 10.1. The molecule has 1 unspecified atom stereocenters. The second-order valence-corrected chi connectivity index (χ2v) is 5.21. The number of aryl methyl sites for hydroxylation is 1. The molecular formula is C17H15ClO3. The molecule has 0 bridgehead atoms. The number of Topliss-reactive ketones (excluding diaryl/α,β-unsaturated/α-hetero) is 1. The fourth-order valence-corrected chi connectivity index (χ4v) is 2.12. The van der Waals surface area contributed by atoms with Crippen molar-refractivity contribution in [3.63, 3.8) is 0 Å². The van der Waals surface area contributed by atoms with E-state index < -0.39 is 6.10 Å². The van der Waals surface area contributed by atoms with Gasteiger partial charge in [-0.2, -0.15) is 0 Å². The number of ketones is 1. The van der Waals surface area contributed by atoms with Gasteiger partial charge in [-0.1, -0.05) is 41.4 Å². The van der Waals surface area contributed by atoms with E-state index in [9.17, 15) is 9.59 Å². The predicted molar refractivity (Wildman–Crippen MR) is 82.4 cm³/mol. The maximum atomic E-state index is 12.3. The van der Waals surface area contributed by atoms with Gasteiger partial charge in [0.15, 0.2) is 6.10 Å². The molecule has 0 aliphatic heterocycles. The Balaban J connectivity index is 2.13. The first-order valence-corrected chi connectivity index (χ1v) is 6.91. The van der Waals surface area contributed by atoms with Crippen LogP contribution in [0.2, 0.25) is 5.02 Å². The first-order chi connectivity index (χ1) is 10.0. The van der Waals surface area contributed by atoms with Crippen molar-refractivity contribution >= 4 is 23.7 Å². The third-order valence-electron chi connectivity index (χ3n) is 3.10. The topological polar surface area (TPSA) is 43.4 Å². The number of carbonyl (C=O) groups is 2. The van der Waals surface area contributed by atoms with Crippen molar-refractivity contribution in [1.29, 1.82) is 0 Å². The van der Waals surface area contributed by atoms with E-state index in [1.165, 1.54) is 6.07 Å². The third kappa shape index (κ3) is 3.70. The Labute approximate surface area is 128 Å². The molecule has 0 amide bonds. The molecule has 1 atom stereocenters.